The molecule has 2 atom stereocenters. The van der Waals surface area contributed by atoms with E-state index in [4.69, 9.17) is 0 Å². The molecular formula is C18H28N2O2. The second-order valence-electron chi connectivity index (χ2n) is 6.79. The summed E-state index contributed by atoms with van der Waals surface area (Å²) in [4.78, 5) is 23.6. The Bertz CT molecular complexity index is 435. The monoisotopic (exact) mass is 304 g/mol. The van der Waals surface area contributed by atoms with Gasteiger partial charge in [-0.2, -0.15) is 0 Å². The van der Waals surface area contributed by atoms with Crippen LogP contribution in [-0.4, -0.2) is 24.7 Å². The molecule has 0 saturated heterocycles. The van der Waals surface area contributed by atoms with Gasteiger partial charge in [0.2, 0.25) is 0 Å². The minimum atomic E-state index is 0.281. The highest BCUT2D eigenvalue weighted by Gasteiger charge is 2.20. The number of carbonyl (C=O) groups is 2. The second kappa shape index (κ2) is 8.16. The molecule has 0 aromatic heterocycles. The van der Waals surface area contributed by atoms with Crippen molar-refractivity contribution < 1.29 is 9.59 Å². The molecule has 0 heterocycles. The number of carbonyl (C=O) groups excluding carboxylic acids is 2. The molecule has 0 aromatic rings. The van der Waals surface area contributed by atoms with Gasteiger partial charge in [0.05, 0.1) is 0 Å². The molecule has 2 unspecified atom stereocenters. The van der Waals surface area contributed by atoms with E-state index in [2.05, 4.69) is 24.5 Å². The maximum absolute atomic E-state index is 11.8. The van der Waals surface area contributed by atoms with Crippen LogP contribution in [0, 0.1) is 11.8 Å². The molecule has 0 bridgehead atoms. The Morgan fingerprint density at radius 1 is 0.864 bits per heavy atom. The fourth-order valence-electron chi connectivity index (χ4n) is 3.02. The predicted octanol–water partition coefficient (Wildman–Crippen LogP) is 2.71. The summed E-state index contributed by atoms with van der Waals surface area (Å²) in [5.41, 5.74) is 1.85. The van der Waals surface area contributed by atoms with Gasteiger partial charge < -0.3 is 10.6 Å². The zero-order chi connectivity index (χ0) is 15.9. The molecule has 0 amide bonds. The molecular weight excluding hydrogens is 276 g/mol. The fourth-order valence-corrected chi connectivity index (χ4v) is 3.02. The first kappa shape index (κ1) is 16.8. The minimum absolute atomic E-state index is 0.281. The van der Waals surface area contributed by atoms with Crippen molar-refractivity contribution in [3.63, 3.8) is 0 Å². The first-order chi connectivity index (χ1) is 10.6. The SMILES string of the molecule is CC1CC/C(=C\NCCN/C=C2\CCC(C)CC2=O)C(=O)C1. The van der Waals surface area contributed by atoms with Crippen LogP contribution in [0.2, 0.25) is 0 Å². The van der Waals surface area contributed by atoms with Gasteiger partial charge in [0.25, 0.3) is 0 Å². The van der Waals surface area contributed by atoms with Crippen LogP contribution in [0.5, 0.6) is 0 Å². The van der Waals surface area contributed by atoms with Crippen LogP contribution in [-0.2, 0) is 9.59 Å². The van der Waals surface area contributed by atoms with E-state index in [9.17, 15) is 9.59 Å². The van der Waals surface area contributed by atoms with Crippen LogP contribution in [0.3, 0.4) is 0 Å². The molecule has 0 aromatic carbocycles. The van der Waals surface area contributed by atoms with Crippen LogP contribution in [0.4, 0.5) is 0 Å². The van der Waals surface area contributed by atoms with Gasteiger partial charge in [-0.25, -0.2) is 0 Å². The minimum Gasteiger partial charge on any atom is -0.389 e. The van der Waals surface area contributed by atoms with Crippen molar-refractivity contribution in [3.8, 4) is 0 Å². The number of Topliss-reactive ketones (excluding diaryl/α,β-unsaturated/α-hetero) is 2. The summed E-state index contributed by atoms with van der Waals surface area (Å²) in [6.07, 6.45) is 9.08. The third-order valence-corrected chi connectivity index (χ3v) is 4.56. The number of hydrogen-bond donors (Lipinski definition) is 2. The maximum Gasteiger partial charge on any atom is 0.160 e. The average Bonchev–Trinajstić information content (AvgIpc) is 2.46. The highest BCUT2D eigenvalue weighted by Crippen LogP contribution is 2.25. The van der Waals surface area contributed by atoms with E-state index in [1.165, 1.54) is 0 Å². The molecule has 4 nitrogen and oxygen atoms in total. The van der Waals surface area contributed by atoms with Gasteiger partial charge in [0, 0.05) is 49.5 Å². The molecule has 2 aliphatic carbocycles. The van der Waals surface area contributed by atoms with Crippen LogP contribution >= 0.6 is 0 Å². The number of rotatable bonds is 5. The molecule has 122 valence electrons. The largest absolute Gasteiger partial charge is 0.389 e. The lowest BCUT2D eigenvalue weighted by Crippen LogP contribution is -2.24. The molecule has 0 radical (unpaired) electrons. The van der Waals surface area contributed by atoms with Gasteiger partial charge in [-0.05, 0) is 37.5 Å². The van der Waals surface area contributed by atoms with Crippen molar-refractivity contribution in [2.24, 2.45) is 11.8 Å². The smallest absolute Gasteiger partial charge is 0.160 e. The summed E-state index contributed by atoms with van der Waals surface area (Å²) in [5.74, 6) is 1.61. The van der Waals surface area contributed by atoms with Gasteiger partial charge in [0.1, 0.15) is 0 Å². The number of hydrogen-bond acceptors (Lipinski definition) is 4. The van der Waals surface area contributed by atoms with Crippen molar-refractivity contribution in [1.29, 1.82) is 0 Å². The average molecular weight is 304 g/mol. The van der Waals surface area contributed by atoms with Gasteiger partial charge in [0.15, 0.2) is 11.6 Å². The van der Waals surface area contributed by atoms with Gasteiger partial charge in [-0.15, -0.1) is 0 Å². The zero-order valence-corrected chi connectivity index (χ0v) is 13.8. The first-order valence-corrected chi connectivity index (χ1v) is 8.47. The topological polar surface area (TPSA) is 58.2 Å². The molecule has 2 fully saturated rings. The van der Waals surface area contributed by atoms with E-state index < -0.39 is 0 Å². The Labute approximate surface area is 133 Å². The van der Waals surface area contributed by atoms with E-state index in [-0.39, 0.29) is 11.6 Å². The number of allylic oxidation sites excluding steroid dienone is 2. The summed E-state index contributed by atoms with van der Waals surface area (Å²) >= 11 is 0. The van der Waals surface area contributed by atoms with Crippen LogP contribution in [0.1, 0.15) is 52.4 Å². The molecule has 2 aliphatic rings. The molecule has 0 aliphatic heterocycles. The summed E-state index contributed by atoms with van der Waals surface area (Å²) in [5, 5.41) is 6.39. The second-order valence-corrected chi connectivity index (χ2v) is 6.79. The lowest BCUT2D eigenvalue weighted by Gasteiger charge is -2.19. The summed E-state index contributed by atoms with van der Waals surface area (Å²) in [6, 6.07) is 0. The standard InChI is InChI=1S/C18H28N2O2/c1-13-3-5-15(17(21)9-13)11-19-7-8-20-12-16-6-4-14(2)10-18(16)22/h11-14,19-20H,3-10H2,1-2H3/b15-11+,16-12+. The molecule has 22 heavy (non-hydrogen) atoms. The number of ketones is 2. The maximum atomic E-state index is 11.8. The predicted molar refractivity (Wildman–Crippen MR) is 88.2 cm³/mol. The highest BCUT2D eigenvalue weighted by atomic mass is 16.1. The third kappa shape index (κ3) is 5.00. The van der Waals surface area contributed by atoms with Crippen molar-refractivity contribution in [2.45, 2.75) is 52.4 Å². The first-order valence-electron chi connectivity index (χ1n) is 8.47. The van der Waals surface area contributed by atoms with Crippen LogP contribution < -0.4 is 10.6 Å². The molecule has 2 saturated carbocycles. The Morgan fingerprint density at radius 3 is 1.64 bits per heavy atom. The van der Waals surface area contributed by atoms with Crippen molar-refractivity contribution in [1.82, 2.24) is 10.6 Å². The van der Waals surface area contributed by atoms with E-state index in [0.717, 1.165) is 49.9 Å². The van der Waals surface area contributed by atoms with E-state index in [0.29, 0.717) is 24.7 Å². The summed E-state index contributed by atoms with van der Waals surface area (Å²) in [6.45, 7) is 5.76. The molecule has 0 spiro atoms. The number of nitrogens with one attached hydrogen (secondary N) is 2. The molecule has 2 rings (SSSR count). The van der Waals surface area contributed by atoms with Gasteiger partial charge in [-0.3, -0.25) is 9.59 Å². The van der Waals surface area contributed by atoms with Crippen LogP contribution in [0.25, 0.3) is 0 Å². The quantitative estimate of drug-likeness (QED) is 0.606. The Kier molecular flexibility index (Phi) is 6.22. The summed E-state index contributed by atoms with van der Waals surface area (Å²) in [7, 11) is 0. The normalized spacial score (nSPS) is 29.9. The zero-order valence-electron chi connectivity index (χ0n) is 13.8. The van der Waals surface area contributed by atoms with E-state index in [1.807, 2.05) is 12.4 Å². The fraction of sp³-hybridized carbons (Fsp3) is 0.667. The van der Waals surface area contributed by atoms with Crippen molar-refractivity contribution in [3.05, 3.63) is 23.5 Å². The Balaban J connectivity index is 1.65. The van der Waals surface area contributed by atoms with Crippen molar-refractivity contribution >= 4 is 11.6 Å². The van der Waals surface area contributed by atoms with Gasteiger partial charge >= 0.3 is 0 Å². The van der Waals surface area contributed by atoms with Crippen LogP contribution in [0.15, 0.2) is 23.5 Å². The Hall–Kier alpha value is -1.58. The van der Waals surface area contributed by atoms with Gasteiger partial charge in [-0.1, -0.05) is 13.8 Å². The molecule has 4 heteroatoms. The summed E-state index contributed by atoms with van der Waals surface area (Å²) < 4.78 is 0. The Morgan fingerprint density at radius 2 is 1.27 bits per heavy atom. The van der Waals surface area contributed by atoms with Crippen molar-refractivity contribution in [2.75, 3.05) is 13.1 Å². The third-order valence-electron chi connectivity index (χ3n) is 4.56. The lowest BCUT2D eigenvalue weighted by atomic mass is 9.86. The highest BCUT2D eigenvalue weighted by molar-refractivity contribution is 5.96. The van der Waals surface area contributed by atoms with E-state index in [1.54, 1.807) is 0 Å². The van der Waals surface area contributed by atoms with E-state index >= 15 is 0 Å². The molecule has 2 N–H and O–H groups in total. The lowest BCUT2D eigenvalue weighted by molar-refractivity contribution is -0.118.